The van der Waals surface area contributed by atoms with Crippen molar-refractivity contribution < 1.29 is 37.6 Å². The largest absolute Gasteiger partial charge is 0.472 e. The third-order valence-corrected chi connectivity index (χ3v) is 20.5. The number of allylic oxidation sites excluding steroid dienone is 6. The number of esters is 2. The van der Waals surface area contributed by atoms with Gasteiger partial charge in [-0.05, 0) is 51.4 Å². The zero-order chi connectivity index (χ0) is 68.6. The van der Waals surface area contributed by atoms with Gasteiger partial charge in [0.15, 0.2) is 6.10 Å². The molecule has 0 aromatic heterocycles. The molecule has 2 unspecified atom stereocenters. The zero-order valence-corrected chi connectivity index (χ0v) is 64.6. The summed E-state index contributed by atoms with van der Waals surface area (Å²) >= 11 is 0. The van der Waals surface area contributed by atoms with Crippen LogP contribution in [-0.4, -0.2) is 49.3 Å². The van der Waals surface area contributed by atoms with Crippen LogP contribution in [0.4, 0.5) is 0 Å². The van der Waals surface area contributed by atoms with E-state index in [1.54, 1.807) is 0 Å². The Morgan fingerprint density at radius 2 is 0.547 bits per heavy atom. The summed E-state index contributed by atoms with van der Waals surface area (Å²) < 4.78 is 33.3. The SMILES string of the molecule is CCCCCCC/C=C\C/C=C\C/C=C\CCCCCCCCCCCCCCCCCCCCCCCCCCCCC(=O)OC(COC(=O)CCCCCCCCCCCCCCCCCCCCCCCCCCCCCCCCCCC)COP(=O)(O)OCCN. The van der Waals surface area contributed by atoms with Crippen molar-refractivity contribution in [2.75, 3.05) is 26.4 Å². The fourth-order valence-corrected chi connectivity index (χ4v) is 14.0. The normalized spacial score (nSPS) is 12.9. The van der Waals surface area contributed by atoms with E-state index < -0.39 is 26.5 Å². The second-order valence-corrected chi connectivity index (χ2v) is 30.5. The third kappa shape index (κ3) is 81.1. The van der Waals surface area contributed by atoms with Crippen LogP contribution in [0.1, 0.15) is 463 Å². The zero-order valence-electron chi connectivity index (χ0n) is 63.7. The second kappa shape index (κ2) is 81.2. The van der Waals surface area contributed by atoms with Gasteiger partial charge in [-0.2, -0.15) is 0 Å². The van der Waals surface area contributed by atoms with Gasteiger partial charge in [0.1, 0.15) is 6.61 Å². The number of nitrogens with two attached hydrogens (primary N) is 1. The molecule has 0 radical (unpaired) electrons. The Labute approximate surface area is 592 Å². The summed E-state index contributed by atoms with van der Waals surface area (Å²) in [6.45, 7) is 3.83. The molecule has 0 aliphatic heterocycles. The number of ether oxygens (including phenoxy) is 2. The summed E-state index contributed by atoms with van der Waals surface area (Å²) in [4.78, 5) is 35.5. The molecule has 2 atom stereocenters. The van der Waals surface area contributed by atoms with Crippen LogP contribution in [0.25, 0.3) is 0 Å². The summed E-state index contributed by atoms with van der Waals surface area (Å²) in [5, 5.41) is 0. The monoisotopic (exact) mass is 1360 g/mol. The van der Waals surface area contributed by atoms with E-state index in [4.69, 9.17) is 24.3 Å². The number of hydrogen-bond donors (Lipinski definition) is 2. The molecule has 0 aliphatic rings. The van der Waals surface area contributed by atoms with E-state index in [9.17, 15) is 19.0 Å². The second-order valence-electron chi connectivity index (χ2n) is 29.1. The lowest BCUT2D eigenvalue weighted by atomic mass is 10.0. The van der Waals surface area contributed by atoms with Gasteiger partial charge in [-0.15, -0.1) is 0 Å². The maximum atomic E-state index is 12.8. The van der Waals surface area contributed by atoms with Crippen molar-refractivity contribution in [3.8, 4) is 0 Å². The summed E-state index contributed by atoms with van der Waals surface area (Å²) in [6.07, 6.45) is 105. The highest BCUT2D eigenvalue weighted by Crippen LogP contribution is 2.43. The molecule has 0 aromatic rings. The number of carbonyl (C=O) groups excluding carboxylic acids is 2. The van der Waals surface area contributed by atoms with Crippen molar-refractivity contribution in [2.45, 2.75) is 469 Å². The van der Waals surface area contributed by atoms with Gasteiger partial charge in [0.2, 0.25) is 0 Å². The number of unbranched alkanes of at least 4 members (excludes halogenated alkanes) is 63. The lowest BCUT2D eigenvalue weighted by molar-refractivity contribution is -0.161. The first-order valence-electron chi connectivity index (χ1n) is 42.5. The predicted octanol–water partition coefficient (Wildman–Crippen LogP) is 28.5. The van der Waals surface area contributed by atoms with Crippen LogP contribution >= 0.6 is 7.82 Å². The molecule has 0 saturated carbocycles. The fraction of sp³-hybridized carbons (Fsp3) is 0.906. The molecule has 0 aliphatic carbocycles. The van der Waals surface area contributed by atoms with Crippen molar-refractivity contribution in [1.82, 2.24) is 0 Å². The van der Waals surface area contributed by atoms with Crippen LogP contribution in [0.15, 0.2) is 36.5 Å². The quantitative estimate of drug-likeness (QED) is 0.0264. The summed E-state index contributed by atoms with van der Waals surface area (Å²) in [7, 11) is -4.39. The minimum Gasteiger partial charge on any atom is -0.462 e. The van der Waals surface area contributed by atoms with E-state index in [-0.39, 0.29) is 38.6 Å². The first-order chi connectivity index (χ1) is 46.8. The van der Waals surface area contributed by atoms with E-state index in [1.807, 2.05) is 0 Å². The van der Waals surface area contributed by atoms with Gasteiger partial charge in [-0.3, -0.25) is 18.6 Å². The maximum Gasteiger partial charge on any atom is 0.472 e. The number of phosphoric ester groups is 1. The van der Waals surface area contributed by atoms with Gasteiger partial charge in [0, 0.05) is 19.4 Å². The molecule has 3 N–H and O–H groups in total. The maximum absolute atomic E-state index is 12.8. The minimum absolute atomic E-state index is 0.0573. The third-order valence-electron chi connectivity index (χ3n) is 19.5. The van der Waals surface area contributed by atoms with Gasteiger partial charge >= 0.3 is 19.8 Å². The highest BCUT2D eigenvalue weighted by Gasteiger charge is 2.26. The average Bonchev–Trinajstić information content (AvgIpc) is 2.75. The lowest BCUT2D eigenvalue weighted by Crippen LogP contribution is -2.29. The summed E-state index contributed by atoms with van der Waals surface area (Å²) in [6, 6.07) is 0. The first-order valence-corrected chi connectivity index (χ1v) is 44.0. The number of carbonyl (C=O) groups is 2. The molecule has 0 heterocycles. The van der Waals surface area contributed by atoms with Crippen LogP contribution in [0.3, 0.4) is 0 Å². The Kier molecular flexibility index (Phi) is 79.7. The highest BCUT2D eigenvalue weighted by atomic mass is 31.2. The van der Waals surface area contributed by atoms with E-state index in [2.05, 4.69) is 50.3 Å². The molecule has 0 saturated heterocycles. The van der Waals surface area contributed by atoms with Crippen molar-refractivity contribution in [1.29, 1.82) is 0 Å². The van der Waals surface area contributed by atoms with Crippen LogP contribution in [0.2, 0.25) is 0 Å². The van der Waals surface area contributed by atoms with Gasteiger partial charge in [0.25, 0.3) is 0 Å². The number of hydrogen-bond acceptors (Lipinski definition) is 8. The van der Waals surface area contributed by atoms with Crippen molar-refractivity contribution in [3.05, 3.63) is 36.5 Å². The van der Waals surface area contributed by atoms with E-state index in [0.717, 1.165) is 44.9 Å². The van der Waals surface area contributed by atoms with Gasteiger partial charge in [-0.1, -0.05) is 436 Å². The fourth-order valence-electron chi connectivity index (χ4n) is 13.2. The van der Waals surface area contributed by atoms with Crippen LogP contribution in [-0.2, 0) is 32.7 Å². The van der Waals surface area contributed by atoms with Crippen molar-refractivity contribution in [3.63, 3.8) is 0 Å². The van der Waals surface area contributed by atoms with Crippen LogP contribution in [0.5, 0.6) is 0 Å². The molecular weight excluding hydrogens is 1190 g/mol. The Hall–Kier alpha value is -1.77. The molecule has 0 spiro atoms. The molecule has 0 aromatic carbocycles. The Balaban J connectivity index is 3.71. The standard InChI is InChI=1S/C85H164NO8P/c1-3-5-7-9-11-13-15-17-19-21-23-25-27-29-31-33-35-37-38-39-40-41-42-43-44-46-48-50-52-54-56-58-60-62-64-66-68-70-72-74-76-78-85(88)94-83(82-93-95(89,90)92-80-79-86)81-91-84(87)77-75-73-71-69-67-65-63-61-59-57-55-53-51-49-47-45-36-34-32-30-28-26-24-22-20-18-16-14-12-10-8-6-4-2/h15,17,21,23,27,29,83H,3-14,16,18-20,22,24-26,28,30-82,86H2,1-2H3,(H,89,90)/b17-15-,23-21-,29-27-. The molecule has 0 fully saturated rings. The molecule has 0 bridgehead atoms. The molecule has 10 heteroatoms. The topological polar surface area (TPSA) is 134 Å². The average molecular weight is 1360 g/mol. The van der Waals surface area contributed by atoms with Gasteiger partial charge in [0.05, 0.1) is 13.2 Å². The molecule has 95 heavy (non-hydrogen) atoms. The van der Waals surface area contributed by atoms with E-state index in [1.165, 1.54) is 385 Å². The number of phosphoric acid groups is 1. The number of rotatable bonds is 82. The summed E-state index contributed by atoms with van der Waals surface area (Å²) in [5.74, 6) is -0.797. The molecule has 562 valence electrons. The Bertz CT molecular complexity index is 1650. The Morgan fingerprint density at radius 1 is 0.316 bits per heavy atom. The Morgan fingerprint density at radius 3 is 0.811 bits per heavy atom. The molecule has 9 nitrogen and oxygen atoms in total. The summed E-state index contributed by atoms with van der Waals surface area (Å²) in [5.41, 5.74) is 5.42. The molecular formula is C85H164NO8P. The van der Waals surface area contributed by atoms with Gasteiger partial charge < -0.3 is 20.1 Å². The van der Waals surface area contributed by atoms with Gasteiger partial charge in [-0.25, -0.2) is 4.57 Å². The first kappa shape index (κ1) is 93.2. The highest BCUT2D eigenvalue weighted by molar-refractivity contribution is 7.47. The molecule has 0 amide bonds. The van der Waals surface area contributed by atoms with Crippen LogP contribution < -0.4 is 5.73 Å². The lowest BCUT2D eigenvalue weighted by Gasteiger charge is -2.19. The molecule has 0 rings (SSSR count). The van der Waals surface area contributed by atoms with Crippen molar-refractivity contribution >= 4 is 19.8 Å². The van der Waals surface area contributed by atoms with Crippen LogP contribution in [0, 0.1) is 0 Å². The predicted molar refractivity (Wildman–Crippen MR) is 414 cm³/mol. The van der Waals surface area contributed by atoms with E-state index in [0.29, 0.717) is 6.42 Å². The smallest absolute Gasteiger partial charge is 0.462 e. The van der Waals surface area contributed by atoms with Crippen molar-refractivity contribution in [2.24, 2.45) is 5.73 Å². The van der Waals surface area contributed by atoms with E-state index >= 15 is 0 Å². The minimum atomic E-state index is -4.39.